The van der Waals surface area contributed by atoms with Crippen LogP contribution in [0.4, 0.5) is 0 Å². The molecule has 0 bridgehead atoms. The van der Waals surface area contributed by atoms with Crippen molar-refractivity contribution in [2.24, 2.45) is 0 Å². The van der Waals surface area contributed by atoms with Gasteiger partial charge in [0.25, 0.3) is 5.91 Å². The predicted molar refractivity (Wildman–Crippen MR) is 85.8 cm³/mol. The van der Waals surface area contributed by atoms with Crippen LogP contribution in [0.2, 0.25) is 0 Å². The lowest BCUT2D eigenvalue weighted by Gasteiger charge is -2.26. The molecule has 22 heavy (non-hydrogen) atoms. The molecule has 1 aromatic carbocycles. The molecule has 0 aliphatic carbocycles. The monoisotopic (exact) mass is 344 g/mol. The highest BCUT2D eigenvalue weighted by atomic mass is 32.2. The summed E-state index contributed by atoms with van der Waals surface area (Å²) in [7, 11) is -1.52. The van der Waals surface area contributed by atoms with Crippen molar-refractivity contribution in [1.29, 1.82) is 0 Å². The second-order valence-corrected chi connectivity index (χ2v) is 9.22. The summed E-state index contributed by atoms with van der Waals surface area (Å²) in [5.74, 6) is 0.730. The Kier molecular flexibility index (Phi) is 5.03. The topological polar surface area (TPSA) is 74.8 Å². The van der Waals surface area contributed by atoms with Crippen molar-refractivity contribution >= 4 is 26.7 Å². The van der Waals surface area contributed by atoms with Crippen molar-refractivity contribution in [3.63, 3.8) is 0 Å². The highest BCUT2D eigenvalue weighted by molar-refractivity contribution is 7.89. The second-order valence-electron chi connectivity index (χ2n) is 5.41. The molecule has 122 valence electrons. The first-order valence-corrected chi connectivity index (χ1v) is 9.83. The Balaban J connectivity index is 2.34. The Labute approximate surface area is 133 Å². The number of hydrogen-bond acceptors (Lipinski definition) is 4. The summed E-state index contributed by atoms with van der Waals surface area (Å²) in [5.41, 5.74) is 0.948. The van der Waals surface area contributed by atoms with E-state index in [0.29, 0.717) is 35.7 Å². The van der Waals surface area contributed by atoms with Gasteiger partial charge < -0.3 is 4.90 Å². The third-order valence-electron chi connectivity index (χ3n) is 3.66. The van der Waals surface area contributed by atoms with Crippen LogP contribution in [0.15, 0.2) is 23.1 Å². The third kappa shape index (κ3) is 3.39. The van der Waals surface area contributed by atoms with E-state index in [1.54, 1.807) is 24.0 Å². The minimum atomic E-state index is -3.59. The summed E-state index contributed by atoms with van der Waals surface area (Å²) in [6, 6.07) is 4.71. The molecule has 1 fully saturated rings. The van der Waals surface area contributed by atoms with E-state index in [-0.39, 0.29) is 10.8 Å². The SMILES string of the molecule is Cc1ccc(C(=O)N2CCS(=O)CC2)cc1S(=O)(=O)N(C)C. The lowest BCUT2D eigenvalue weighted by molar-refractivity contribution is 0.0771. The van der Waals surface area contributed by atoms with Gasteiger partial charge in [-0.2, -0.15) is 0 Å². The van der Waals surface area contributed by atoms with Crippen LogP contribution in [0.1, 0.15) is 15.9 Å². The molecule has 0 saturated carbocycles. The molecule has 1 heterocycles. The lowest BCUT2D eigenvalue weighted by Crippen LogP contribution is -2.41. The van der Waals surface area contributed by atoms with E-state index < -0.39 is 20.8 Å². The standard InChI is InChI=1S/C14H20N2O4S2/c1-11-4-5-12(10-13(11)22(19,20)15(2)3)14(17)16-6-8-21(18)9-7-16/h4-5,10H,6-9H2,1-3H3. The molecule has 0 spiro atoms. The number of amides is 1. The predicted octanol–water partition coefficient (Wildman–Crippen LogP) is 0.450. The van der Waals surface area contributed by atoms with Crippen LogP contribution in [-0.4, -0.2) is 66.4 Å². The van der Waals surface area contributed by atoms with Gasteiger partial charge in [0.1, 0.15) is 0 Å². The van der Waals surface area contributed by atoms with Crippen LogP contribution in [-0.2, 0) is 20.8 Å². The third-order valence-corrected chi connectivity index (χ3v) is 6.89. The zero-order valence-corrected chi connectivity index (χ0v) is 14.5. The van der Waals surface area contributed by atoms with Crippen molar-refractivity contribution in [2.75, 3.05) is 38.7 Å². The Bertz CT molecular complexity index is 704. The summed E-state index contributed by atoms with van der Waals surface area (Å²) in [5, 5.41) is 0. The van der Waals surface area contributed by atoms with Crippen LogP contribution >= 0.6 is 0 Å². The van der Waals surface area contributed by atoms with Crippen molar-refractivity contribution in [3.8, 4) is 0 Å². The first-order chi connectivity index (χ1) is 10.2. The molecule has 6 nitrogen and oxygen atoms in total. The Hall–Kier alpha value is -1.25. The van der Waals surface area contributed by atoms with Gasteiger partial charge in [-0.25, -0.2) is 12.7 Å². The van der Waals surface area contributed by atoms with Gasteiger partial charge in [0.2, 0.25) is 10.0 Å². The van der Waals surface area contributed by atoms with E-state index in [1.165, 1.54) is 20.2 Å². The summed E-state index contributed by atoms with van der Waals surface area (Å²) in [6.07, 6.45) is 0. The van der Waals surface area contributed by atoms with Gasteiger partial charge >= 0.3 is 0 Å². The largest absolute Gasteiger partial charge is 0.337 e. The first-order valence-electron chi connectivity index (χ1n) is 6.91. The molecule has 0 unspecified atom stereocenters. The number of nitrogens with zero attached hydrogens (tertiary/aromatic N) is 2. The maximum absolute atomic E-state index is 12.5. The summed E-state index contributed by atoms with van der Waals surface area (Å²) in [4.78, 5) is 14.3. The quantitative estimate of drug-likeness (QED) is 0.798. The molecular formula is C14H20N2O4S2. The van der Waals surface area contributed by atoms with Gasteiger partial charge in [0, 0.05) is 55.1 Å². The van der Waals surface area contributed by atoms with Crippen LogP contribution in [0.3, 0.4) is 0 Å². The fourth-order valence-corrected chi connectivity index (χ4v) is 4.43. The zero-order chi connectivity index (χ0) is 16.5. The molecule has 0 radical (unpaired) electrons. The molecule has 2 rings (SSSR count). The average Bonchev–Trinajstić information content (AvgIpc) is 2.47. The molecule has 8 heteroatoms. The van der Waals surface area contributed by atoms with Gasteiger partial charge in [-0.3, -0.25) is 9.00 Å². The number of rotatable bonds is 3. The molecule has 1 saturated heterocycles. The number of carbonyl (C=O) groups excluding carboxylic acids is 1. The first kappa shape index (κ1) is 17.1. The van der Waals surface area contributed by atoms with Gasteiger partial charge in [0.05, 0.1) is 4.90 Å². The van der Waals surface area contributed by atoms with Crippen molar-refractivity contribution < 1.29 is 17.4 Å². The molecule has 0 aromatic heterocycles. The normalized spacial score (nSPS) is 17.0. The fraction of sp³-hybridized carbons (Fsp3) is 0.500. The highest BCUT2D eigenvalue weighted by Crippen LogP contribution is 2.21. The summed E-state index contributed by atoms with van der Waals surface area (Å²) in [6.45, 7) is 2.58. The number of carbonyl (C=O) groups is 1. The van der Waals surface area contributed by atoms with Gasteiger partial charge in [-0.1, -0.05) is 6.07 Å². The molecule has 0 N–H and O–H groups in total. The van der Waals surface area contributed by atoms with E-state index in [4.69, 9.17) is 0 Å². The smallest absolute Gasteiger partial charge is 0.253 e. The maximum Gasteiger partial charge on any atom is 0.253 e. The summed E-state index contributed by atoms with van der Waals surface area (Å²) < 4.78 is 37.1. The van der Waals surface area contributed by atoms with Crippen molar-refractivity contribution in [1.82, 2.24) is 9.21 Å². The number of sulfonamides is 1. The van der Waals surface area contributed by atoms with Crippen LogP contribution in [0.25, 0.3) is 0 Å². The van der Waals surface area contributed by atoms with E-state index in [2.05, 4.69) is 0 Å². The van der Waals surface area contributed by atoms with Crippen LogP contribution < -0.4 is 0 Å². The number of aryl methyl sites for hydroxylation is 1. The lowest BCUT2D eigenvalue weighted by atomic mass is 10.1. The minimum absolute atomic E-state index is 0.143. The Morgan fingerprint density at radius 1 is 1.23 bits per heavy atom. The molecule has 0 atom stereocenters. The van der Waals surface area contributed by atoms with Gasteiger partial charge in [0.15, 0.2) is 0 Å². The van der Waals surface area contributed by atoms with Crippen molar-refractivity contribution in [2.45, 2.75) is 11.8 Å². The maximum atomic E-state index is 12.5. The minimum Gasteiger partial charge on any atom is -0.337 e. The second kappa shape index (κ2) is 6.47. The van der Waals surface area contributed by atoms with E-state index in [1.807, 2.05) is 0 Å². The molecule has 1 aliphatic rings. The van der Waals surface area contributed by atoms with Crippen molar-refractivity contribution in [3.05, 3.63) is 29.3 Å². The van der Waals surface area contributed by atoms with E-state index >= 15 is 0 Å². The Morgan fingerprint density at radius 2 is 1.82 bits per heavy atom. The molecule has 1 amide bonds. The van der Waals surface area contributed by atoms with E-state index in [9.17, 15) is 17.4 Å². The molecular weight excluding hydrogens is 324 g/mol. The Morgan fingerprint density at radius 3 is 2.36 bits per heavy atom. The average molecular weight is 344 g/mol. The van der Waals surface area contributed by atoms with Crippen LogP contribution in [0.5, 0.6) is 0 Å². The zero-order valence-electron chi connectivity index (χ0n) is 12.9. The fourth-order valence-electron chi connectivity index (χ4n) is 2.23. The molecule has 1 aliphatic heterocycles. The summed E-state index contributed by atoms with van der Waals surface area (Å²) >= 11 is 0. The number of benzene rings is 1. The van der Waals surface area contributed by atoms with Crippen LogP contribution in [0, 0.1) is 6.92 Å². The van der Waals surface area contributed by atoms with E-state index in [0.717, 1.165) is 4.31 Å². The van der Waals surface area contributed by atoms with Gasteiger partial charge in [-0.05, 0) is 24.6 Å². The molecule has 1 aromatic rings. The number of hydrogen-bond donors (Lipinski definition) is 0. The highest BCUT2D eigenvalue weighted by Gasteiger charge is 2.25. The van der Waals surface area contributed by atoms with Gasteiger partial charge in [-0.15, -0.1) is 0 Å².